The van der Waals surface area contributed by atoms with Gasteiger partial charge >= 0.3 is 0 Å². The highest BCUT2D eigenvalue weighted by molar-refractivity contribution is 7.89. The zero-order valence-corrected chi connectivity index (χ0v) is 11.6. The van der Waals surface area contributed by atoms with Crippen molar-refractivity contribution in [3.05, 3.63) is 24.0 Å². The second kappa shape index (κ2) is 5.44. The molecule has 3 N–H and O–H groups in total. The number of halogens is 1. The van der Waals surface area contributed by atoms with Crippen LogP contribution in [0.25, 0.3) is 0 Å². The molecule has 106 valence electrons. The summed E-state index contributed by atoms with van der Waals surface area (Å²) in [4.78, 5) is 2.01. The molecule has 1 atom stereocenters. The van der Waals surface area contributed by atoms with Crippen molar-refractivity contribution < 1.29 is 12.8 Å². The Hall–Kier alpha value is -1.18. The van der Waals surface area contributed by atoms with E-state index in [4.69, 9.17) is 5.73 Å². The third-order valence-corrected chi connectivity index (χ3v) is 4.80. The van der Waals surface area contributed by atoms with Gasteiger partial charge in [-0.2, -0.15) is 0 Å². The fourth-order valence-electron chi connectivity index (χ4n) is 2.31. The SMILES string of the molecule is CN1CCCC(NS(=O)(=O)c2ccc(F)cc2N)C1. The summed E-state index contributed by atoms with van der Waals surface area (Å²) in [5.41, 5.74) is 5.50. The molecule has 7 heteroatoms. The van der Waals surface area contributed by atoms with Gasteiger partial charge in [0, 0.05) is 12.6 Å². The van der Waals surface area contributed by atoms with Gasteiger partial charge in [-0.1, -0.05) is 0 Å². The molecule has 0 spiro atoms. The van der Waals surface area contributed by atoms with Crippen molar-refractivity contribution in [2.75, 3.05) is 25.9 Å². The molecule has 0 amide bonds. The van der Waals surface area contributed by atoms with Crippen molar-refractivity contribution in [1.29, 1.82) is 0 Å². The summed E-state index contributed by atoms with van der Waals surface area (Å²) in [5.74, 6) is -0.547. The number of likely N-dealkylation sites (tertiary alicyclic amines) is 1. The lowest BCUT2D eigenvalue weighted by Gasteiger charge is -2.30. The van der Waals surface area contributed by atoms with E-state index < -0.39 is 15.8 Å². The van der Waals surface area contributed by atoms with Crippen molar-refractivity contribution >= 4 is 15.7 Å². The third kappa shape index (κ3) is 3.43. The fourth-order valence-corrected chi connectivity index (χ4v) is 3.68. The number of piperidine rings is 1. The van der Waals surface area contributed by atoms with E-state index in [-0.39, 0.29) is 16.6 Å². The molecule has 19 heavy (non-hydrogen) atoms. The quantitative estimate of drug-likeness (QED) is 0.806. The monoisotopic (exact) mass is 287 g/mol. The van der Waals surface area contributed by atoms with Crippen LogP contribution in [0.5, 0.6) is 0 Å². The van der Waals surface area contributed by atoms with Crippen LogP contribution < -0.4 is 10.5 Å². The van der Waals surface area contributed by atoms with Gasteiger partial charge in [-0.15, -0.1) is 0 Å². The van der Waals surface area contributed by atoms with E-state index >= 15 is 0 Å². The maximum absolute atomic E-state index is 12.9. The smallest absolute Gasteiger partial charge is 0.242 e. The molecule has 1 heterocycles. The molecule has 5 nitrogen and oxygen atoms in total. The van der Waals surface area contributed by atoms with E-state index in [0.717, 1.165) is 31.5 Å². The van der Waals surface area contributed by atoms with Crippen molar-refractivity contribution in [1.82, 2.24) is 9.62 Å². The van der Waals surface area contributed by atoms with Crippen LogP contribution in [0.1, 0.15) is 12.8 Å². The highest BCUT2D eigenvalue weighted by atomic mass is 32.2. The second-order valence-electron chi connectivity index (χ2n) is 4.90. The average Bonchev–Trinajstić information content (AvgIpc) is 2.27. The predicted octanol–water partition coefficient (Wildman–Crippen LogP) is 0.780. The molecule has 0 aromatic heterocycles. The van der Waals surface area contributed by atoms with Gasteiger partial charge in [-0.05, 0) is 44.6 Å². The highest BCUT2D eigenvalue weighted by Gasteiger charge is 2.25. The van der Waals surface area contributed by atoms with Crippen LogP contribution in [0.15, 0.2) is 23.1 Å². The average molecular weight is 287 g/mol. The van der Waals surface area contributed by atoms with Crippen LogP contribution in [0, 0.1) is 5.82 Å². The lowest BCUT2D eigenvalue weighted by Crippen LogP contribution is -2.46. The number of likely N-dealkylation sites (N-methyl/N-ethyl adjacent to an activating group) is 1. The molecule has 0 bridgehead atoms. The minimum absolute atomic E-state index is 0.0675. The first-order valence-corrected chi connectivity index (χ1v) is 7.63. The molecule has 0 saturated carbocycles. The lowest BCUT2D eigenvalue weighted by molar-refractivity contribution is 0.242. The fraction of sp³-hybridized carbons (Fsp3) is 0.500. The molecule has 1 fully saturated rings. The van der Waals surface area contributed by atoms with Gasteiger partial charge in [-0.3, -0.25) is 0 Å². The van der Waals surface area contributed by atoms with Gasteiger partial charge in [0.1, 0.15) is 10.7 Å². The van der Waals surface area contributed by atoms with Crippen LogP contribution in [-0.4, -0.2) is 39.5 Å². The Balaban J connectivity index is 2.18. The molecule has 2 rings (SSSR count). The van der Waals surface area contributed by atoms with Crippen molar-refractivity contribution in [3.63, 3.8) is 0 Å². The molecule has 1 aliphatic rings. The first-order valence-electron chi connectivity index (χ1n) is 6.14. The third-order valence-electron chi connectivity index (χ3n) is 3.21. The number of anilines is 1. The second-order valence-corrected chi connectivity index (χ2v) is 6.59. The molecular weight excluding hydrogens is 269 g/mol. The standard InChI is InChI=1S/C12H18FN3O2S/c1-16-6-2-3-10(8-16)15-19(17,18)12-5-4-9(13)7-11(12)14/h4-5,7,10,15H,2-3,6,8,14H2,1H3. The van der Waals surface area contributed by atoms with E-state index in [1.807, 2.05) is 7.05 Å². The zero-order valence-electron chi connectivity index (χ0n) is 10.8. The Labute approximate surface area is 112 Å². The molecule has 1 saturated heterocycles. The lowest BCUT2D eigenvalue weighted by atomic mass is 10.1. The topological polar surface area (TPSA) is 75.4 Å². The summed E-state index contributed by atoms with van der Waals surface area (Å²) >= 11 is 0. The number of rotatable bonds is 3. The Morgan fingerprint density at radius 3 is 2.84 bits per heavy atom. The molecule has 1 unspecified atom stereocenters. The first kappa shape index (κ1) is 14.2. The number of hydrogen-bond donors (Lipinski definition) is 2. The molecular formula is C12H18FN3O2S. The normalized spacial score (nSPS) is 21.5. The summed E-state index contributed by atoms with van der Waals surface area (Å²) < 4.78 is 40.0. The van der Waals surface area contributed by atoms with E-state index in [2.05, 4.69) is 9.62 Å². The number of nitrogens with two attached hydrogens (primary N) is 1. The van der Waals surface area contributed by atoms with Crippen molar-refractivity contribution in [2.45, 2.75) is 23.8 Å². The maximum atomic E-state index is 12.9. The van der Waals surface area contributed by atoms with Crippen LogP contribution in [0.3, 0.4) is 0 Å². The van der Waals surface area contributed by atoms with E-state index in [9.17, 15) is 12.8 Å². The number of hydrogen-bond acceptors (Lipinski definition) is 4. The van der Waals surface area contributed by atoms with Gasteiger partial charge in [0.25, 0.3) is 0 Å². The van der Waals surface area contributed by atoms with Crippen LogP contribution >= 0.6 is 0 Å². The van der Waals surface area contributed by atoms with Gasteiger partial charge in [0.05, 0.1) is 5.69 Å². The number of benzene rings is 1. The minimum atomic E-state index is -3.70. The number of nitrogens with one attached hydrogen (secondary N) is 1. The van der Waals surface area contributed by atoms with E-state index in [1.165, 1.54) is 6.07 Å². The number of nitrogen functional groups attached to an aromatic ring is 1. The van der Waals surface area contributed by atoms with Crippen molar-refractivity contribution in [3.8, 4) is 0 Å². The number of sulfonamides is 1. The zero-order chi connectivity index (χ0) is 14.0. The Kier molecular flexibility index (Phi) is 4.07. The van der Waals surface area contributed by atoms with Gasteiger partial charge in [0.2, 0.25) is 10.0 Å². The Bertz CT molecular complexity index is 562. The maximum Gasteiger partial charge on any atom is 0.242 e. The Morgan fingerprint density at radius 2 is 2.21 bits per heavy atom. The van der Waals surface area contributed by atoms with E-state index in [0.29, 0.717) is 6.54 Å². The molecule has 0 radical (unpaired) electrons. The van der Waals surface area contributed by atoms with E-state index in [1.54, 1.807) is 0 Å². The Morgan fingerprint density at radius 1 is 1.47 bits per heavy atom. The largest absolute Gasteiger partial charge is 0.398 e. The highest BCUT2D eigenvalue weighted by Crippen LogP contribution is 2.20. The summed E-state index contributed by atoms with van der Waals surface area (Å²) in [6, 6.07) is 3.17. The summed E-state index contributed by atoms with van der Waals surface area (Å²) in [6.45, 7) is 1.64. The first-order chi connectivity index (χ1) is 8.88. The molecule has 0 aliphatic carbocycles. The minimum Gasteiger partial charge on any atom is -0.398 e. The van der Waals surface area contributed by atoms with Crippen molar-refractivity contribution in [2.24, 2.45) is 0 Å². The molecule has 1 aliphatic heterocycles. The summed E-state index contributed by atoms with van der Waals surface area (Å²) in [7, 11) is -1.75. The van der Waals surface area contributed by atoms with Gasteiger partial charge < -0.3 is 10.6 Å². The summed E-state index contributed by atoms with van der Waals surface area (Å²) in [5, 5.41) is 0. The molecule has 1 aromatic carbocycles. The summed E-state index contributed by atoms with van der Waals surface area (Å²) in [6.07, 6.45) is 1.74. The predicted molar refractivity (Wildman–Crippen MR) is 71.7 cm³/mol. The van der Waals surface area contributed by atoms with Gasteiger partial charge in [0.15, 0.2) is 0 Å². The van der Waals surface area contributed by atoms with Crippen LogP contribution in [0.2, 0.25) is 0 Å². The molecule has 1 aromatic rings. The van der Waals surface area contributed by atoms with Gasteiger partial charge in [-0.25, -0.2) is 17.5 Å². The van der Waals surface area contributed by atoms with Crippen LogP contribution in [-0.2, 0) is 10.0 Å². The van der Waals surface area contributed by atoms with Crippen LogP contribution in [0.4, 0.5) is 10.1 Å². The number of nitrogens with zero attached hydrogens (tertiary/aromatic N) is 1.